The Bertz CT molecular complexity index is 645. The molecule has 0 unspecified atom stereocenters. The quantitative estimate of drug-likeness (QED) is 0.768. The second kappa shape index (κ2) is 6.92. The Kier molecular flexibility index (Phi) is 4.98. The summed E-state index contributed by atoms with van der Waals surface area (Å²) in [6, 6.07) is 5.90. The molecule has 0 radical (unpaired) electrons. The number of furan rings is 1. The van der Waals surface area contributed by atoms with E-state index in [-0.39, 0.29) is 18.7 Å². The first-order chi connectivity index (χ1) is 10.1. The first-order valence-electron chi connectivity index (χ1n) is 7.01. The van der Waals surface area contributed by atoms with E-state index in [0.717, 1.165) is 22.1 Å². The van der Waals surface area contributed by atoms with Crippen molar-refractivity contribution < 1.29 is 19.1 Å². The molecule has 0 saturated heterocycles. The van der Waals surface area contributed by atoms with Gasteiger partial charge >= 0.3 is 5.97 Å². The Hall–Kier alpha value is -2.30. The standard InChI is InChI=1S/C16H19NO4/c1-11-5-6-13-12(10-21-14(13)8-11)9-15(18)17-7-3-2-4-16(19)20/h5-6,8,10H,2-4,7,9H2,1H3,(H,17,18)(H,19,20). The Morgan fingerprint density at radius 3 is 2.86 bits per heavy atom. The van der Waals surface area contributed by atoms with Crippen molar-refractivity contribution in [2.24, 2.45) is 0 Å². The molecule has 2 rings (SSSR count). The van der Waals surface area contributed by atoms with Gasteiger partial charge in [0, 0.05) is 23.9 Å². The number of hydrogen-bond acceptors (Lipinski definition) is 3. The number of benzene rings is 1. The molecule has 21 heavy (non-hydrogen) atoms. The number of unbranched alkanes of at least 4 members (excludes halogenated alkanes) is 1. The lowest BCUT2D eigenvalue weighted by molar-refractivity contribution is -0.137. The maximum Gasteiger partial charge on any atom is 0.303 e. The number of fused-ring (bicyclic) bond motifs is 1. The molecule has 0 bridgehead atoms. The highest BCUT2D eigenvalue weighted by molar-refractivity contribution is 5.87. The van der Waals surface area contributed by atoms with Crippen molar-refractivity contribution >= 4 is 22.8 Å². The van der Waals surface area contributed by atoms with Crippen LogP contribution in [0.25, 0.3) is 11.0 Å². The van der Waals surface area contributed by atoms with E-state index in [1.165, 1.54) is 0 Å². The van der Waals surface area contributed by atoms with E-state index >= 15 is 0 Å². The zero-order chi connectivity index (χ0) is 15.2. The number of carboxylic acids is 1. The van der Waals surface area contributed by atoms with Crippen LogP contribution in [0.2, 0.25) is 0 Å². The van der Waals surface area contributed by atoms with Crippen molar-refractivity contribution in [1.82, 2.24) is 5.32 Å². The maximum absolute atomic E-state index is 11.8. The molecule has 1 heterocycles. The lowest BCUT2D eigenvalue weighted by Crippen LogP contribution is -2.26. The molecule has 0 saturated carbocycles. The maximum atomic E-state index is 11.8. The lowest BCUT2D eigenvalue weighted by Gasteiger charge is -2.03. The number of carbonyl (C=O) groups is 2. The molecule has 0 aliphatic rings. The highest BCUT2D eigenvalue weighted by Crippen LogP contribution is 2.22. The van der Waals surface area contributed by atoms with Crippen LogP contribution >= 0.6 is 0 Å². The fourth-order valence-electron chi connectivity index (χ4n) is 2.19. The van der Waals surface area contributed by atoms with Crippen molar-refractivity contribution in [3.8, 4) is 0 Å². The normalized spacial score (nSPS) is 10.7. The van der Waals surface area contributed by atoms with Gasteiger partial charge in [-0.2, -0.15) is 0 Å². The number of nitrogens with one attached hydrogen (secondary N) is 1. The third-order valence-corrected chi connectivity index (χ3v) is 3.30. The van der Waals surface area contributed by atoms with Crippen molar-refractivity contribution in [2.45, 2.75) is 32.6 Å². The summed E-state index contributed by atoms with van der Waals surface area (Å²) in [4.78, 5) is 22.2. The van der Waals surface area contributed by atoms with Crippen molar-refractivity contribution in [3.05, 3.63) is 35.6 Å². The van der Waals surface area contributed by atoms with Gasteiger partial charge < -0.3 is 14.8 Å². The number of hydrogen-bond donors (Lipinski definition) is 2. The van der Waals surface area contributed by atoms with Crippen LogP contribution in [0.5, 0.6) is 0 Å². The molecule has 1 aromatic carbocycles. The summed E-state index contributed by atoms with van der Waals surface area (Å²) in [6.07, 6.45) is 3.28. The summed E-state index contributed by atoms with van der Waals surface area (Å²) in [5.41, 5.74) is 2.78. The van der Waals surface area contributed by atoms with Crippen LogP contribution in [0.3, 0.4) is 0 Å². The number of aryl methyl sites for hydroxylation is 1. The molecule has 0 aliphatic carbocycles. The average Bonchev–Trinajstić information content (AvgIpc) is 2.80. The molecule has 5 nitrogen and oxygen atoms in total. The largest absolute Gasteiger partial charge is 0.481 e. The summed E-state index contributed by atoms with van der Waals surface area (Å²) in [6.45, 7) is 2.49. The van der Waals surface area contributed by atoms with E-state index in [0.29, 0.717) is 19.4 Å². The Balaban J connectivity index is 1.83. The zero-order valence-electron chi connectivity index (χ0n) is 12.0. The zero-order valence-corrected chi connectivity index (χ0v) is 12.0. The molecule has 0 spiro atoms. The van der Waals surface area contributed by atoms with Crippen LogP contribution in [-0.2, 0) is 16.0 Å². The Labute approximate surface area is 122 Å². The molecular weight excluding hydrogens is 270 g/mol. The van der Waals surface area contributed by atoms with Gasteiger partial charge in [0.05, 0.1) is 12.7 Å². The van der Waals surface area contributed by atoms with Crippen LogP contribution in [0.15, 0.2) is 28.9 Å². The topological polar surface area (TPSA) is 79.5 Å². The highest BCUT2D eigenvalue weighted by atomic mass is 16.4. The van der Waals surface area contributed by atoms with Crippen molar-refractivity contribution in [3.63, 3.8) is 0 Å². The molecule has 0 atom stereocenters. The first-order valence-corrected chi connectivity index (χ1v) is 7.01. The fraction of sp³-hybridized carbons (Fsp3) is 0.375. The molecule has 112 valence electrons. The minimum Gasteiger partial charge on any atom is -0.481 e. The van der Waals surface area contributed by atoms with Gasteiger partial charge in [-0.05, 0) is 31.4 Å². The van der Waals surface area contributed by atoms with Crippen LogP contribution in [0, 0.1) is 6.92 Å². The SMILES string of the molecule is Cc1ccc2c(CC(=O)NCCCCC(=O)O)coc2c1. The van der Waals surface area contributed by atoms with Gasteiger partial charge in [-0.15, -0.1) is 0 Å². The molecule has 0 fully saturated rings. The second-order valence-corrected chi connectivity index (χ2v) is 5.14. The molecule has 5 heteroatoms. The monoisotopic (exact) mass is 289 g/mol. The second-order valence-electron chi connectivity index (χ2n) is 5.14. The minimum absolute atomic E-state index is 0.0754. The van der Waals surface area contributed by atoms with Gasteiger partial charge in [0.25, 0.3) is 0 Å². The molecule has 0 aliphatic heterocycles. The fourth-order valence-corrected chi connectivity index (χ4v) is 2.19. The first kappa shape index (κ1) is 15.1. The smallest absolute Gasteiger partial charge is 0.303 e. The van der Waals surface area contributed by atoms with Crippen LogP contribution in [0.4, 0.5) is 0 Å². The van der Waals surface area contributed by atoms with Gasteiger partial charge in [-0.3, -0.25) is 9.59 Å². The summed E-state index contributed by atoms with van der Waals surface area (Å²) in [5.74, 6) is -0.880. The predicted molar refractivity (Wildman–Crippen MR) is 79.2 cm³/mol. The molecular formula is C16H19NO4. The molecule has 2 aromatic rings. The molecule has 1 aromatic heterocycles. The van der Waals surface area contributed by atoms with Crippen LogP contribution < -0.4 is 5.32 Å². The van der Waals surface area contributed by atoms with E-state index in [4.69, 9.17) is 9.52 Å². The lowest BCUT2D eigenvalue weighted by atomic mass is 10.1. The number of rotatable bonds is 7. The van der Waals surface area contributed by atoms with Gasteiger partial charge in [-0.25, -0.2) is 0 Å². The van der Waals surface area contributed by atoms with Gasteiger partial charge in [-0.1, -0.05) is 12.1 Å². The molecule has 2 N–H and O–H groups in total. The van der Waals surface area contributed by atoms with E-state index < -0.39 is 5.97 Å². The summed E-state index contributed by atoms with van der Waals surface area (Å²) in [5, 5.41) is 12.3. The number of carboxylic acid groups (broad SMARTS) is 1. The van der Waals surface area contributed by atoms with Gasteiger partial charge in [0.1, 0.15) is 5.58 Å². The van der Waals surface area contributed by atoms with E-state index in [1.54, 1.807) is 6.26 Å². The number of amides is 1. The molecule has 1 amide bonds. The van der Waals surface area contributed by atoms with Crippen molar-refractivity contribution in [1.29, 1.82) is 0 Å². The minimum atomic E-state index is -0.804. The summed E-state index contributed by atoms with van der Waals surface area (Å²) in [7, 11) is 0. The van der Waals surface area contributed by atoms with Crippen molar-refractivity contribution in [2.75, 3.05) is 6.54 Å². The van der Waals surface area contributed by atoms with Crippen LogP contribution in [0.1, 0.15) is 30.4 Å². The third-order valence-electron chi connectivity index (χ3n) is 3.30. The average molecular weight is 289 g/mol. The predicted octanol–water partition coefficient (Wildman–Crippen LogP) is 2.65. The highest BCUT2D eigenvalue weighted by Gasteiger charge is 2.10. The van der Waals surface area contributed by atoms with Crippen LogP contribution in [-0.4, -0.2) is 23.5 Å². The van der Waals surface area contributed by atoms with E-state index in [1.807, 2.05) is 25.1 Å². The summed E-state index contributed by atoms with van der Waals surface area (Å²) < 4.78 is 5.45. The van der Waals surface area contributed by atoms with E-state index in [2.05, 4.69) is 5.32 Å². The number of carbonyl (C=O) groups excluding carboxylic acids is 1. The Morgan fingerprint density at radius 2 is 2.10 bits per heavy atom. The third kappa shape index (κ3) is 4.34. The number of aliphatic carboxylic acids is 1. The van der Waals surface area contributed by atoms with Gasteiger partial charge in [0.2, 0.25) is 5.91 Å². The summed E-state index contributed by atoms with van der Waals surface area (Å²) >= 11 is 0. The van der Waals surface area contributed by atoms with Gasteiger partial charge in [0.15, 0.2) is 0 Å². The Morgan fingerprint density at radius 1 is 1.29 bits per heavy atom. The van der Waals surface area contributed by atoms with E-state index in [9.17, 15) is 9.59 Å².